The smallest absolute Gasteiger partial charge is 0.410 e. The fourth-order valence-corrected chi connectivity index (χ4v) is 3.99. The predicted octanol–water partition coefficient (Wildman–Crippen LogP) is 4.52. The molecular formula is C17H19ClNO4P. The molecule has 128 valence electrons. The molecule has 7 heteroatoms. The minimum absolute atomic E-state index is 0.122. The maximum absolute atomic E-state index is 12.4. The van der Waals surface area contributed by atoms with E-state index < -0.39 is 18.4 Å². The van der Waals surface area contributed by atoms with E-state index in [1.165, 1.54) is 13.8 Å². The Hall–Kier alpha value is -1.81. The van der Waals surface area contributed by atoms with Crippen LogP contribution in [-0.2, 0) is 20.7 Å². The summed E-state index contributed by atoms with van der Waals surface area (Å²) in [4.78, 5) is 12.2. The summed E-state index contributed by atoms with van der Waals surface area (Å²) in [6.07, 6.45) is 0. The highest BCUT2D eigenvalue weighted by Gasteiger charge is 2.37. The number of nitrogens with one attached hydrogen (secondary N) is 1. The lowest BCUT2D eigenvalue weighted by molar-refractivity contribution is -0.150. The Balaban J connectivity index is 1.95. The van der Waals surface area contributed by atoms with Gasteiger partial charge in [-0.25, -0.2) is 9.65 Å². The summed E-state index contributed by atoms with van der Waals surface area (Å²) in [5, 5.41) is 2.54. The van der Waals surface area contributed by atoms with Crippen LogP contribution in [0.5, 0.6) is 5.75 Å². The van der Waals surface area contributed by atoms with Crippen LogP contribution in [0.1, 0.15) is 19.4 Å². The monoisotopic (exact) mass is 367 g/mol. The molecule has 0 amide bonds. The lowest BCUT2D eigenvalue weighted by atomic mass is 10.1. The fraction of sp³-hybridized carbons (Fsp3) is 0.235. The second kappa shape index (κ2) is 7.84. The van der Waals surface area contributed by atoms with Gasteiger partial charge in [0.25, 0.3) is 0 Å². The maximum atomic E-state index is 12.4. The fourth-order valence-electron chi connectivity index (χ4n) is 1.92. The molecule has 0 aliphatic heterocycles. The van der Waals surface area contributed by atoms with Gasteiger partial charge in [-0.05, 0) is 31.5 Å². The summed E-state index contributed by atoms with van der Waals surface area (Å²) in [6.45, 7) is -0.579. The van der Waals surface area contributed by atoms with Gasteiger partial charge in [0.1, 0.15) is 17.9 Å². The van der Waals surface area contributed by atoms with Crippen molar-refractivity contribution in [2.45, 2.75) is 26.0 Å². The predicted molar refractivity (Wildman–Crippen MR) is 94.0 cm³/mol. The van der Waals surface area contributed by atoms with Crippen molar-refractivity contribution in [1.29, 1.82) is 0 Å². The van der Waals surface area contributed by atoms with Crippen molar-refractivity contribution in [3.63, 3.8) is 0 Å². The van der Waals surface area contributed by atoms with Gasteiger partial charge in [0.15, 0.2) is 0 Å². The highest BCUT2D eigenvalue weighted by Crippen LogP contribution is 2.49. The quantitative estimate of drug-likeness (QED) is 0.575. The van der Waals surface area contributed by atoms with Crippen LogP contribution < -0.4 is 9.61 Å². The first-order valence-corrected chi connectivity index (χ1v) is 9.86. The Morgan fingerprint density at radius 1 is 1.08 bits per heavy atom. The molecule has 5 nitrogen and oxygen atoms in total. The second-order valence-electron chi connectivity index (χ2n) is 5.68. The third-order valence-electron chi connectivity index (χ3n) is 3.10. The number of halogens is 1. The molecule has 0 radical (unpaired) electrons. The summed E-state index contributed by atoms with van der Waals surface area (Å²) in [5.74, 6) is -0.235. The molecule has 1 atom stereocenters. The molecule has 2 rings (SSSR count). The standard InChI is InChI=1S/C17H19ClNO4P/c1-17(2,16(20)22-13-14-9-5-3-6-10-14)19-24(18,21)23-15-11-7-4-8-12-15/h3-12H,13H2,1-2H3,(H,19,21)/t24-/m1/s1. The lowest BCUT2D eigenvalue weighted by Crippen LogP contribution is -2.45. The number of carbonyl (C=O) groups excluding carboxylic acids is 1. The van der Waals surface area contributed by atoms with Crippen molar-refractivity contribution < 1.29 is 18.6 Å². The van der Waals surface area contributed by atoms with Crippen LogP contribution in [0.2, 0.25) is 0 Å². The van der Waals surface area contributed by atoms with E-state index in [0.717, 1.165) is 5.56 Å². The van der Waals surface area contributed by atoms with Crippen LogP contribution in [-0.4, -0.2) is 11.5 Å². The van der Waals surface area contributed by atoms with Crippen LogP contribution >= 0.6 is 18.1 Å². The first-order chi connectivity index (χ1) is 11.3. The van der Waals surface area contributed by atoms with E-state index >= 15 is 0 Å². The minimum Gasteiger partial charge on any atom is -0.459 e. The van der Waals surface area contributed by atoms with Crippen molar-refractivity contribution >= 4 is 24.1 Å². The molecule has 1 N–H and O–H groups in total. The normalized spacial score (nSPS) is 13.8. The largest absolute Gasteiger partial charge is 0.459 e. The molecule has 0 saturated carbocycles. The van der Waals surface area contributed by atoms with E-state index in [2.05, 4.69) is 5.09 Å². The summed E-state index contributed by atoms with van der Waals surface area (Å²) in [7, 11) is 0. The Labute approximate surface area is 146 Å². The van der Waals surface area contributed by atoms with Crippen LogP contribution in [0, 0.1) is 0 Å². The average molecular weight is 368 g/mol. The first kappa shape index (κ1) is 18.5. The van der Waals surface area contributed by atoms with Crippen molar-refractivity contribution in [3.8, 4) is 5.75 Å². The molecule has 0 fully saturated rings. The second-order valence-corrected chi connectivity index (χ2v) is 8.38. The van der Waals surface area contributed by atoms with Gasteiger partial charge < -0.3 is 9.26 Å². The Kier molecular flexibility index (Phi) is 6.05. The zero-order chi connectivity index (χ0) is 17.6. The molecule has 0 unspecified atom stereocenters. The summed E-state index contributed by atoms with van der Waals surface area (Å²) in [6, 6.07) is 17.8. The SMILES string of the molecule is CC(C)(N[P@@](=O)(Cl)Oc1ccccc1)C(=O)OCc1ccccc1. The van der Waals surface area contributed by atoms with E-state index in [4.69, 9.17) is 20.5 Å². The van der Waals surface area contributed by atoms with Crippen molar-refractivity contribution in [2.75, 3.05) is 0 Å². The molecule has 0 saturated heterocycles. The van der Waals surface area contributed by atoms with Crippen LogP contribution in [0.25, 0.3) is 0 Å². The number of carbonyl (C=O) groups is 1. The van der Waals surface area contributed by atoms with Gasteiger partial charge in [-0.3, -0.25) is 4.79 Å². The van der Waals surface area contributed by atoms with E-state index in [-0.39, 0.29) is 6.61 Å². The highest BCUT2D eigenvalue weighted by atomic mass is 35.7. The van der Waals surface area contributed by atoms with Gasteiger partial charge in [0, 0.05) is 11.2 Å². The molecule has 0 aliphatic rings. The highest BCUT2D eigenvalue weighted by molar-refractivity contribution is 7.84. The summed E-state index contributed by atoms with van der Waals surface area (Å²) < 4.78 is 22.9. The van der Waals surface area contributed by atoms with E-state index in [9.17, 15) is 9.36 Å². The van der Waals surface area contributed by atoms with E-state index in [1.807, 2.05) is 30.3 Å². The summed E-state index contributed by atoms with van der Waals surface area (Å²) in [5.41, 5.74) is -0.419. The zero-order valence-electron chi connectivity index (χ0n) is 13.4. The van der Waals surface area contributed by atoms with Gasteiger partial charge in [-0.1, -0.05) is 48.5 Å². The molecule has 2 aromatic carbocycles. The molecule has 0 aliphatic carbocycles. The topological polar surface area (TPSA) is 64.6 Å². The molecule has 0 aromatic heterocycles. The molecule has 24 heavy (non-hydrogen) atoms. The molecular weight excluding hydrogens is 349 g/mol. The van der Waals surface area contributed by atoms with Crippen molar-refractivity contribution in [2.24, 2.45) is 0 Å². The van der Waals surface area contributed by atoms with Gasteiger partial charge in [0.2, 0.25) is 0 Å². The number of benzene rings is 2. The number of hydrogen-bond donors (Lipinski definition) is 1. The van der Waals surface area contributed by atoms with Gasteiger partial charge in [-0.15, -0.1) is 0 Å². The third kappa shape index (κ3) is 5.68. The number of para-hydroxylation sites is 1. The van der Waals surface area contributed by atoms with Gasteiger partial charge in [0.05, 0.1) is 0 Å². The zero-order valence-corrected chi connectivity index (χ0v) is 15.1. The van der Waals surface area contributed by atoms with E-state index in [0.29, 0.717) is 5.75 Å². The Morgan fingerprint density at radius 3 is 2.21 bits per heavy atom. The number of hydrogen-bond acceptors (Lipinski definition) is 4. The molecule has 0 heterocycles. The minimum atomic E-state index is -3.76. The maximum Gasteiger partial charge on any atom is 0.410 e. The lowest BCUT2D eigenvalue weighted by Gasteiger charge is -2.26. The molecule has 2 aromatic rings. The number of ether oxygens (including phenoxy) is 1. The first-order valence-electron chi connectivity index (χ1n) is 7.33. The molecule has 0 bridgehead atoms. The van der Waals surface area contributed by atoms with Gasteiger partial charge >= 0.3 is 12.8 Å². The van der Waals surface area contributed by atoms with Crippen LogP contribution in [0.15, 0.2) is 60.7 Å². The Morgan fingerprint density at radius 2 is 1.62 bits per heavy atom. The van der Waals surface area contributed by atoms with Crippen LogP contribution in [0.4, 0.5) is 0 Å². The third-order valence-corrected chi connectivity index (χ3v) is 4.83. The average Bonchev–Trinajstić information content (AvgIpc) is 2.53. The number of esters is 1. The number of rotatable bonds is 7. The molecule has 0 spiro atoms. The van der Waals surface area contributed by atoms with E-state index in [1.54, 1.807) is 30.3 Å². The Bertz CT molecular complexity index is 722. The van der Waals surface area contributed by atoms with Crippen LogP contribution in [0.3, 0.4) is 0 Å². The van der Waals surface area contributed by atoms with Gasteiger partial charge in [-0.2, -0.15) is 0 Å². The van der Waals surface area contributed by atoms with Crippen molar-refractivity contribution in [1.82, 2.24) is 5.09 Å². The van der Waals surface area contributed by atoms with Crippen molar-refractivity contribution in [3.05, 3.63) is 66.2 Å². The summed E-state index contributed by atoms with van der Waals surface area (Å²) >= 11 is 5.93.